The van der Waals surface area contributed by atoms with Gasteiger partial charge in [0, 0.05) is 18.6 Å². The maximum atomic E-state index is 12.4. The molecule has 0 aliphatic rings. The van der Waals surface area contributed by atoms with Gasteiger partial charge in [0.25, 0.3) is 5.91 Å². The largest absolute Gasteiger partial charge is 0.480 e. The fraction of sp³-hybridized carbons (Fsp3) is 0.529. The summed E-state index contributed by atoms with van der Waals surface area (Å²) in [6.07, 6.45) is 1.12. The zero-order chi connectivity index (χ0) is 20.1. The number of hydrogen-bond donors (Lipinski definition) is 3. The fourth-order valence-electron chi connectivity index (χ4n) is 2.05. The van der Waals surface area contributed by atoms with Crippen LogP contribution in [0.25, 0.3) is 0 Å². The first kappa shape index (κ1) is 21.9. The lowest BCUT2D eigenvalue weighted by Gasteiger charge is -2.21. The van der Waals surface area contributed by atoms with Gasteiger partial charge in [-0.05, 0) is 45.4 Å². The third-order valence-electron chi connectivity index (χ3n) is 3.34. The Hall–Kier alpha value is -2.13. The van der Waals surface area contributed by atoms with Gasteiger partial charge in [0.15, 0.2) is 0 Å². The van der Waals surface area contributed by atoms with Crippen molar-refractivity contribution in [1.29, 1.82) is 0 Å². The Morgan fingerprint density at radius 3 is 2.38 bits per heavy atom. The summed E-state index contributed by atoms with van der Waals surface area (Å²) >= 11 is 0. The summed E-state index contributed by atoms with van der Waals surface area (Å²) in [4.78, 5) is 23.7. The van der Waals surface area contributed by atoms with Gasteiger partial charge in [0.2, 0.25) is 10.0 Å². The van der Waals surface area contributed by atoms with Gasteiger partial charge in [-0.3, -0.25) is 9.52 Å². The molecule has 0 saturated heterocycles. The molecule has 0 radical (unpaired) electrons. The SMILES string of the molecule is Cc1ccc(C(=O)NC(CCOC(C)(C)C)C(=O)O)cc1NS(C)(=O)=O. The van der Waals surface area contributed by atoms with E-state index in [9.17, 15) is 23.1 Å². The van der Waals surface area contributed by atoms with E-state index < -0.39 is 33.5 Å². The molecule has 0 saturated carbocycles. The van der Waals surface area contributed by atoms with Crippen LogP contribution in [-0.4, -0.2) is 49.9 Å². The van der Waals surface area contributed by atoms with Gasteiger partial charge >= 0.3 is 5.97 Å². The van der Waals surface area contributed by atoms with Crippen molar-refractivity contribution in [2.45, 2.75) is 45.8 Å². The van der Waals surface area contributed by atoms with Gasteiger partial charge in [-0.15, -0.1) is 0 Å². The first-order chi connectivity index (χ1) is 11.8. The molecular weight excluding hydrogens is 360 g/mol. The van der Waals surface area contributed by atoms with E-state index in [4.69, 9.17) is 4.74 Å². The van der Waals surface area contributed by atoms with E-state index in [1.54, 1.807) is 13.0 Å². The molecule has 0 aliphatic heterocycles. The van der Waals surface area contributed by atoms with Crippen LogP contribution in [-0.2, 0) is 19.6 Å². The number of carbonyl (C=O) groups excluding carboxylic acids is 1. The number of rotatable bonds is 8. The lowest BCUT2D eigenvalue weighted by Crippen LogP contribution is -2.42. The molecule has 8 nitrogen and oxygen atoms in total. The molecule has 0 spiro atoms. The summed E-state index contributed by atoms with van der Waals surface area (Å²) in [7, 11) is -3.50. The fourth-order valence-corrected chi connectivity index (χ4v) is 2.67. The summed E-state index contributed by atoms with van der Waals surface area (Å²) in [6.45, 7) is 7.42. The molecule has 1 aromatic rings. The van der Waals surface area contributed by atoms with Gasteiger partial charge < -0.3 is 15.2 Å². The molecule has 1 aromatic carbocycles. The van der Waals surface area contributed by atoms with Crippen LogP contribution in [0, 0.1) is 6.92 Å². The van der Waals surface area contributed by atoms with Crippen LogP contribution in [0.3, 0.4) is 0 Å². The lowest BCUT2D eigenvalue weighted by atomic mass is 10.1. The summed E-state index contributed by atoms with van der Waals surface area (Å²) < 4.78 is 30.6. The number of aliphatic carboxylic acids is 1. The standard InChI is InChI=1S/C17H26N2O6S/c1-11-6-7-12(10-14(11)19-26(5,23)24)15(20)18-13(16(21)22)8-9-25-17(2,3)4/h6-7,10,13,19H,8-9H2,1-5H3,(H,18,20)(H,21,22). The minimum Gasteiger partial charge on any atom is -0.480 e. The molecule has 9 heteroatoms. The highest BCUT2D eigenvalue weighted by molar-refractivity contribution is 7.92. The van der Waals surface area contributed by atoms with Crippen LogP contribution in [0.1, 0.15) is 43.1 Å². The minimum atomic E-state index is -3.50. The van der Waals surface area contributed by atoms with Crippen LogP contribution < -0.4 is 10.0 Å². The number of sulfonamides is 1. The van der Waals surface area contributed by atoms with E-state index in [0.29, 0.717) is 5.56 Å². The second-order valence-electron chi connectivity index (χ2n) is 7.02. The molecule has 0 aromatic heterocycles. The molecule has 1 rings (SSSR count). The predicted molar refractivity (Wildman–Crippen MR) is 98.9 cm³/mol. The van der Waals surface area contributed by atoms with E-state index in [1.165, 1.54) is 12.1 Å². The van der Waals surface area contributed by atoms with Crippen molar-refractivity contribution in [2.75, 3.05) is 17.6 Å². The van der Waals surface area contributed by atoms with E-state index in [0.717, 1.165) is 6.26 Å². The Morgan fingerprint density at radius 1 is 1.27 bits per heavy atom. The number of nitrogens with one attached hydrogen (secondary N) is 2. The number of amides is 1. The summed E-state index contributed by atoms with van der Waals surface area (Å²) in [5, 5.41) is 11.7. The van der Waals surface area contributed by atoms with Crippen LogP contribution in [0.15, 0.2) is 18.2 Å². The summed E-state index contributed by atoms with van der Waals surface area (Å²) in [5.41, 5.74) is 0.657. The molecule has 0 heterocycles. The number of anilines is 1. The van der Waals surface area contributed by atoms with E-state index in [-0.39, 0.29) is 24.3 Å². The second-order valence-corrected chi connectivity index (χ2v) is 8.77. The van der Waals surface area contributed by atoms with E-state index in [2.05, 4.69) is 10.0 Å². The number of ether oxygens (including phenoxy) is 1. The van der Waals surface area contributed by atoms with Crippen LogP contribution in [0.2, 0.25) is 0 Å². The molecule has 0 fully saturated rings. The molecule has 1 unspecified atom stereocenters. The maximum Gasteiger partial charge on any atom is 0.326 e. The smallest absolute Gasteiger partial charge is 0.326 e. The molecule has 0 bridgehead atoms. The minimum absolute atomic E-state index is 0.110. The van der Waals surface area contributed by atoms with Crippen LogP contribution in [0.4, 0.5) is 5.69 Å². The highest BCUT2D eigenvalue weighted by Crippen LogP contribution is 2.18. The molecule has 3 N–H and O–H groups in total. The Balaban J connectivity index is 2.86. The number of carboxylic acids is 1. The van der Waals surface area contributed by atoms with Crippen molar-refractivity contribution in [2.24, 2.45) is 0 Å². The van der Waals surface area contributed by atoms with Crippen molar-refractivity contribution in [3.63, 3.8) is 0 Å². The Labute approximate surface area is 154 Å². The zero-order valence-corrected chi connectivity index (χ0v) is 16.4. The van der Waals surface area contributed by atoms with Crippen molar-refractivity contribution in [3.05, 3.63) is 29.3 Å². The third kappa shape index (κ3) is 7.83. The normalized spacial score (nSPS) is 13.1. The topological polar surface area (TPSA) is 122 Å². The van der Waals surface area contributed by atoms with Gasteiger partial charge in [-0.1, -0.05) is 6.07 Å². The molecular formula is C17H26N2O6S. The lowest BCUT2D eigenvalue weighted by molar-refractivity contribution is -0.140. The number of aryl methyl sites for hydroxylation is 1. The summed E-state index contributed by atoms with van der Waals surface area (Å²) in [5.74, 6) is -1.78. The molecule has 146 valence electrons. The third-order valence-corrected chi connectivity index (χ3v) is 3.93. The number of carbonyl (C=O) groups is 2. The number of hydrogen-bond acceptors (Lipinski definition) is 5. The van der Waals surface area contributed by atoms with E-state index in [1.807, 2.05) is 20.8 Å². The van der Waals surface area contributed by atoms with Crippen molar-refractivity contribution in [3.8, 4) is 0 Å². The van der Waals surface area contributed by atoms with Gasteiger partial charge in [-0.2, -0.15) is 0 Å². The summed E-state index contributed by atoms with van der Waals surface area (Å²) in [6, 6.07) is 3.34. The second kappa shape index (κ2) is 8.50. The number of carboxylic acid groups (broad SMARTS) is 1. The van der Waals surface area contributed by atoms with Crippen molar-refractivity contribution in [1.82, 2.24) is 5.32 Å². The first-order valence-electron chi connectivity index (χ1n) is 8.04. The Morgan fingerprint density at radius 2 is 1.88 bits per heavy atom. The highest BCUT2D eigenvalue weighted by Gasteiger charge is 2.22. The van der Waals surface area contributed by atoms with Gasteiger partial charge in [0.05, 0.1) is 17.5 Å². The first-order valence-corrected chi connectivity index (χ1v) is 9.94. The van der Waals surface area contributed by atoms with Crippen LogP contribution >= 0.6 is 0 Å². The molecule has 0 aliphatic carbocycles. The van der Waals surface area contributed by atoms with Gasteiger partial charge in [0.1, 0.15) is 6.04 Å². The average Bonchev–Trinajstić information content (AvgIpc) is 2.45. The molecule has 1 amide bonds. The maximum absolute atomic E-state index is 12.4. The Kier molecular flexibility index (Phi) is 7.16. The van der Waals surface area contributed by atoms with E-state index >= 15 is 0 Å². The molecule has 26 heavy (non-hydrogen) atoms. The van der Waals surface area contributed by atoms with Gasteiger partial charge in [-0.25, -0.2) is 13.2 Å². The van der Waals surface area contributed by atoms with Crippen molar-refractivity contribution < 1.29 is 27.9 Å². The quantitative estimate of drug-likeness (QED) is 0.626. The van der Waals surface area contributed by atoms with Crippen LogP contribution in [0.5, 0.6) is 0 Å². The van der Waals surface area contributed by atoms with Crippen molar-refractivity contribution >= 4 is 27.6 Å². The average molecular weight is 386 g/mol. The highest BCUT2D eigenvalue weighted by atomic mass is 32.2. The zero-order valence-electron chi connectivity index (χ0n) is 15.6. The predicted octanol–water partition coefficient (Wildman–Crippen LogP) is 1.75. The number of benzene rings is 1. The monoisotopic (exact) mass is 386 g/mol. The Bertz CT molecular complexity index is 768. The molecule has 1 atom stereocenters.